The van der Waals surface area contributed by atoms with Crippen molar-refractivity contribution in [2.75, 3.05) is 0 Å². The highest BCUT2D eigenvalue weighted by atomic mass is 32.1. The minimum Gasteiger partial charge on any atom is -0.324 e. The van der Waals surface area contributed by atoms with Gasteiger partial charge in [-0.05, 0) is 94.8 Å². The van der Waals surface area contributed by atoms with Gasteiger partial charge in [0.2, 0.25) is 0 Å². The van der Waals surface area contributed by atoms with E-state index in [0.29, 0.717) is 5.92 Å². The quantitative estimate of drug-likeness (QED) is 0.131. The highest BCUT2D eigenvalue weighted by Crippen LogP contribution is 2.43. The van der Waals surface area contributed by atoms with E-state index in [2.05, 4.69) is 175 Å². The molecule has 1 aliphatic carbocycles. The average Bonchev–Trinajstić information content (AvgIpc) is 3.77. The second-order valence-corrected chi connectivity index (χ2v) is 15.6. The van der Waals surface area contributed by atoms with Crippen LogP contribution in [-0.4, -0.2) is 10.7 Å². The molecule has 3 N–H and O–H groups in total. The highest BCUT2D eigenvalue weighted by molar-refractivity contribution is 7.20. The third-order valence-corrected chi connectivity index (χ3v) is 12.5. The molecule has 6 aromatic carbocycles. The number of para-hydroxylation sites is 2. The molecule has 3 atom stereocenters. The first-order valence-corrected chi connectivity index (χ1v) is 19.9. The predicted molar refractivity (Wildman–Crippen MR) is 227 cm³/mol. The number of rotatable bonds is 11. The number of nitrogens with zero attached hydrogens (tertiary/aromatic N) is 1. The van der Waals surface area contributed by atoms with E-state index >= 15 is 0 Å². The van der Waals surface area contributed by atoms with Gasteiger partial charge in [0, 0.05) is 25.7 Å². The van der Waals surface area contributed by atoms with Crippen molar-refractivity contribution in [1.29, 1.82) is 0 Å². The lowest BCUT2D eigenvalue weighted by molar-refractivity contribution is 0.246. The monoisotopic (exact) mass is 707 g/mol. The van der Waals surface area contributed by atoms with E-state index in [0.717, 1.165) is 32.1 Å². The van der Waals surface area contributed by atoms with Crippen LogP contribution in [0.15, 0.2) is 157 Å². The molecule has 9 rings (SSSR count). The summed E-state index contributed by atoms with van der Waals surface area (Å²) in [5.41, 5.74) is 19.0. The van der Waals surface area contributed by atoms with Crippen LogP contribution in [0.4, 0.5) is 0 Å². The van der Waals surface area contributed by atoms with Crippen LogP contribution in [-0.2, 0) is 12.8 Å². The number of aryl methyl sites for hydroxylation is 2. The van der Waals surface area contributed by atoms with Crippen LogP contribution in [0.5, 0.6) is 0 Å². The van der Waals surface area contributed by atoms with E-state index in [4.69, 9.17) is 5.73 Å². The van der Waals surface area contributed by atoms with Crippen LogP contribution in [0.1, 0.15) is 48.4 Å². The number of nitrogens with two attached hydrogens (primary N) is 1. The topological polar surface area (TPSA) is 43.0 Å². The number of hydrogen-bond donors (Lipinski definition) is 2. The van der Waals surface area contributed by atoms with Crippen LogP contribution in [0.3, 0.4) is 0 Å². The summed E-state index contributed by atoms with van der Waals surface area (Å²) in [5.74, 6) is 0.375. The van der Waals surface area contributed by atoms with Crippen LogP contribution in [0, 0.1) is 5.92 Å². The Morgan fingerprint density at radius 3 is 1.98 bits per heavy atom. The van der Waals surface area contributed by atoms with Crippen molar-refractivity contribution in [3.05, 3.63) is 173 Å². The smallest absolute Gasteiger partial charge is 0.0888 e. The molecule has 53 heavy (non-hydrogen) atoms. The first-order valence-electron chi connectivity index (χ1n) is 19.1. The molecule has 2 aromatic heterocycles. The Bertz CT molecular complexity index is 2490. The largest absolute Gasteiger partial charge is 0.324 e. The second-order valence-electron chi connectivity index (χ2n) is 14.5. The van der Waals surface area contributed by atoms with Crippen LogP contribution in [0.2, 0.25) is 0 Å². The van der Waals surface area contributed by atoms with E-state index in [1.54, 1.807) is 0 Å². The summed E-state index contributed by atoms with van der Waals surface area (Å²) < 4.78 is 3.89. The molecular weight excluding hydrogens is 663 g/mol. The lowest BCUT2D eigenvalue weighted by atomic mass is 9.90. The molecule has 0 fully saturated rings. The van der Waals surface area contributed by atoms with Gasteiger partial charge in [0.15, 0.2) is 0 Å². The molecule has 0 radical (unpaired) electrons. The van der Waals surface area contributed by atoms with Gasteiger partial charge in [-0.1, -0.05) is 147 Å². The maximum atomic E-state index is 7.29. The van der Waals surface area contributed by atoms with E-state index in [1.165, 1.54) is 75.7 Å². The summed E-state index contributed by atoms with van der Waals surface area (Å²) in [6.45, 7) is 2.33. The standard InChI is InChI=1S/C49H45N3S/c1-2-34(25-24-33-14-5-3-6-15-33)49(52-43-21-11-9-18-40(43)41-19-10-12-22-44(41)52)51-48(50)38-30-31-42-46(32-38)53-45-23-13-20-39(47(42)45)37-28-26-36(27-29-37)35-16-7-4-8-17-35/h3-23,26-29,32,34,48-49,51H,2,24-25,30-31,50H2,1H3. The zero-order valence-electron chi connectivity index (χ0n) is 30.2. The summed E-state index contributed by atoms with van der Waals surface area (Å²) in [7, 11) is 0. The first kappa shape index (κ1) is 33.6. The van der Waals surface area contributed by atoms with E-state index < -0.39 is 0 Å². The Labute approximate surface area is 316 Å². The predicted octanol–water partition coefficient (Wildman–Crippen LogP) is 12.4. The normalized spacial score (nSPS) is 14.6. The van der Waals surface area contributed by atoms with Crippen molar-refractivity contribution in [1.82, 2.24) is 9.88 Å². The van der Waals surface area contributed by atoms with Crippen LogP contribution < -0.4 is 11.1 Å². The molecular formula is C49H45N3S. The number of aromatic nitrogens is 1. The summed E-state index contributed by atoms with van der Waals surface area (Å²) in [6.07, 6.45) is 7.24. The van der Waals surface area contributed by atoms with Crippen molar-refractivity contribution in [2.24, 2.45) is 11.7 Å². The van der Waals surface area contributed by atoms with Gasteiger partial charge in [0.05, 0.1) is 23.4 Å². The Kier molecular flexibility index (Phi) is 9.27. The first-order chi connectivity index (χ1) is 26.2. The van der Waals surface area contributed by atoms with Gasteiger partial charge in [-0.3, -0.25) is 5.32 Å². The van der Waals surface area contributed by atoms with Gasteiger partial charge in [-0.15, -0.1) is 11.3 Å². The Hall–Kier alpha value is -5.26. The Morgan fingerprint density at radius 2 is 1.28 bits per heavy atom. The number of thiophene rings is 1. The molecule has 3 nitrogen and oxygen atoms in total. The molecule has 8 aromatic rings. The fraction of sp³-hybridized carbons (Fsp3) is 0.184. The summed E-state index contributed by atoms with van der Waals surface area (Å²) >= 11 is 1.90. The Balaban J connectivity index is 1.06. The Morgan fingerprint density at radius 1 is 0.660 bits per heavy atom. The van der Waals surface area contributed by atoms with Crippen molar-refractivity contribution >= 4 is 49.3 Å². The summed E-state index contributed by atoms with van der Waals surface area (Å²) in [6, 6.07) is 55.1. The van der Waals surface area contributed by atoms with Gasteiger partial charge in [0.1, 0.15) is 0 Å². The van der Waals surface area contributed by atoms with E-state index in [9.17, 15) is 0 Å². The molecule has 2 heterocycles. The number of benzene rings is 6. The molecule has 0 spiro atoms. The van der Waals surface area contributed by atoms with Gasteiger partial charge in [0.25, 0.3) is 0 Å². The zero-order chi connectivity index (χ0) is 35.7. The number of fused-ring (bicyclic) bond motifs is 6. The minimum atomic E-state index is -0.269. The van der Waals surface area contributed by atoms with E-state index in [-0.39, 0.29) is 12.3 Å². The molecule has 0 amide bonds. The SMILES string of the molecule is CCC(CCc1ccccc1)C(NC(N)C1=Cc2sc3cccc(-c4ccc(-c5ccccc5)cc4)c3c2CC1)n1c2ccccc2c2ccccc21. The molecule has 4 heteroatoms. The maximum absolute atomic E-state index is 7.29. The van der Waals surface area contributed by atoms with Crippen molar-refractivity contribution in [3.8, 4) is 22.3 Å². The molecule has 262 valence electrons. The third-order valence-electron chi connectivity index (χ3n) is 11.4. The molecule has 0 bridgehead atoms. The van der Waals surface area contributed by atoms with Crippen molar-refractivity contribution < 1.29 is 0 Å². The van der Waals surface area contributed by atoms with Gasteiger partial charge >= 0.3 is 0 Å². The van der Waals surface area contributed by atoms with E-state index in [1.807, 2.05) is 11.3 Å². The molecule has 1 aliphatic rings. The lowest BCUT2D eigenvalue weighted by Crippen LogP contribution is -2.46. The molecule has 0 saturated carbocycles. The molecule has 0 saturated heterocycles. The average molecular weight is 708 g/mol. The minimum absolute atomic E-state index is 0.0266. The van der Waals surface area contributed by atoms with Crippen LogP contribution in [0.25, 0.3) is 60.2 Å². The molecule has 3 unspecified atom stereocenters. The van der Waals surface area contributed by atoms with Crippen LogP contribution >= 0.6 is 11.3 Å². The van der Waals surface area contributed by atoms with Crippen molar-refractivity contribution in [2.45, 2.75) is 51.4 Å². The van der Waals surface area contributed by atoms with Gasteiger partial charge in [-0.25, -0.2) is 0 Å². The lowest BCUT2D eigenvalue weighted by Gasteiger charge is -2.34. The van der Waals surface area contributed by atoms with Gasteiger partial charge < -0.3 is 10.3 Å². The number of nitrogens with one attached hydrogen (secondary N) is 1. The highest BCUT2D eigenvalue weighted by Gasteiger charge is 2.29. The fourth-order valence-electron chi connectivity index (χ4n) is 8.61. The number of hydrogen-bond acceptors (Lipinski definition) is 3. The van der Waals surface area contributed by atoms with Crippen molar-refractivity contribution in [3.63, 3.8) is 0 Å². The molecule has 0 aliphatic heterocycles. The summed E-state index contributed by atoms with van der Waals surface area (Å²) in [5, 5.41) is 8.03. The summed E-state index contributed by atoms with van der Waals surface area (Å²) in [4.78, 5) is 1.34. The van der Waals surface area contributed by atoms with Gasteiger partial charge in [-0.2, -0.15) is 0 Å². The zero-order valence-corrected chi connectivity index (χ0v) is 31.0. The maximum Gasteiger partial charge on any atom is 0.0888 e. The third kappa shape index (κ3) is 6.42. The second kappa shape index (κ2) is 14.6. The fourth-order valence-corrected chi connectivity index (χ4v) is 9.87.